The Labute approximate surface area is 161 Å². The van der Waals surface area contributed by atoms with E-state index in [9.17, 15) is 10.1 Å². The van der Waals surface area contributed by atoms with E-state index in [-0.39, 0.29) is 11.0 Å². The molecule has 140 valence electrons. The van der Waals surface area contributed by atoms with Crippen LogP contribution in [0, 0.1) is 11.3 Å². The molecular weight excluding hydrogens is 338 g/mol. The largest absolute Gasteiger partial charge is 0.493 e. The van der Waals surface area contributed by atoms with Gasteiger partial charge < -0.3 is 9.47 Å². The average Bonchev–Trinajstić information content (AvgIpc) is 2.64. The third kappa shape index (κ3) is 5.46. The van der Waals surface area contributed by atoms with Crippen LogP contribution in [0.15, 0.2) is 54.1 Å². The Morgan fingerprint density at radius 2 is 1.70 bits per heavy atom. The van der Waals surface area contributed by atoms with Gasteiger partial charge in [-0.15, -0.1) is 0 Å². The first-order valence-corrected chi connectivity index (χ1v) is 9.02. The molecule has 2 rings (SSSR count). The molecule has 0 atom stereocenters. The number of para-hydroxylation sites is 2. The monoisotopic (exact) mass is 363 g/mol. The zero-order valence-electron chi connectivity index (χ0n) is 16.3. The van der Waals surface area contributed by atoms with Crippen LogP contribution in [0.25, 0.3) is 6.08 Å². The van der Waals surface area contributed by atoms with Gasteiger partial charge in [0.2, 0.25) is 0 Å². The Bertz CT molecular complexity index is 870. The Morgan fingerprint density at radius 1 is 1.07 bits per heavy atom. The summed E-state index contributed by atoms with van der Waals surface area (Å²) in [5, 5.41) is 9.47. The number of hydrogen-bond acceptors (Lipinski definition) is 4. The molecule has 0 aromatic heterocycles. The van der Waals surface area contributed by atoms with E-state index in [1.165, 1.54) is 6.08 Å². The Kier molecular flexibility index (Phi) is 6.79. The fourth-order valence-corrected chi connectivity index (χ4v) is 2.57. The number of rotatable bonds is 6. The minimum Gasteiger partial charge on any atom is -0.493 e. The lowest BCUT2D eigenvalue weighted by Gasteiger charge is -2.21. The summed E-state index contributed by atoms with van der Waals surface area (Å²) in [4.78, 5) is 12.6. The molecule has 0 fully saturated rings. The highest BCUT2D eigenvalue weighted by atomic mass is 16.5. The van der Waals surface area contributed by atoms with Crippen molar-refractivity contribution in [2.45, 2.75) is 39.5 Å². The van der Waals surface area contributed by atoms with Crippen molar-refractivity contribution in [2.75, 3.05) is 6.61 Å². The van der Waals surface area contributed by atoms with Gasteiger partial charge in [-0.2, -0.15) is 5.26 Å². The smallest absolute Gasteiger partial charge is 0.354 e. The summed E-state index contributed by atoms with van der Waals surface area (Å²) in [6, 6.07) is 16.6. The van der Waals surface area contributed by atoms with E-state index >= 15 is 0 Å². The second-order valence-electron chi connectivity index (χ2n) is 7.19. The van der Waals surface area contributed by atoms with E-state index in [2.05, 4.69) is 0 Å². The molecule has 27 heavy (non-hydrogen) atoms. The zero-order chi connectivity index (χ0) is 19.9. The Hall–Kier alpha value is -3.06. The molecule has 4 heteroatoms. The van der Waals surface area contributed by atoms with Gasteiger partial charge >= 0.3 is 5.97 Å². The van der Waals surface area contributed by atoms with Crippen molar-refractivity contribution in [1.82, 2.24) is 0 Å². The fraction of sp³-hybridized carbons (Fsp3) is 0.304. The molecule has 0 bridgehead atoms. The lowest BCUT2D eigenvalue weighted by Crippen LogP contribution is -2.17. The van der Waals surface area contributed by atoms with Crippen LogP contribution < -0.4 is 9.47 Å². The number of esters is 1. The van der Waals surface area contributed by atoms with Crippen molar-refractivity contribution in [3.8, 4) is 17.6 Å². The van der Waals surface area contributed by atoms with Gasteiger partial charge in [-0.3, -0.25) is 0 Å². The van der Waals surface area contributed by atoms with Gasteiger partial charge in [0.15, 0.2) is 0 Å². The van der Waals surface area contributed by atoms with E-state index in [0.717, 1.165) is 12.0 Å². The SMILES string of the molecule is CCCOc1ccccc1/C=C(\C#N)C(=O)Oc1ccccc1C(C)(C)C. The lowest BCUT2D eigenvalue weighted by molar-refractivity contribution is -0.129. The number of benzene rings is 2. The van der Waals surface area contributed by atoms with Gasteiger partial charge in [-0.05, 0) is 30.0 Å². The van der Waals surface area contributed by atoms with Crippen molar-refractivity contribution in [1.29, 1.82) is 5.26 Å². The quantitative estimate of drug-likeness (QED) is 0.303. The van der Waals surface area contributed by atoms with Crippen LogP contribution in [0.2, 0.25) is 0 Å². The first-order chi connectivity index (χ1) is 12.9. The van der Waals surface area contributed by atoms with Crippen LogP contribution >= 0.6 is 0 Å². The van der Waals surface area contributed by atoms with Crippen LogP contribution in [-0.2, 0) is 10.2 Å². The number of ether oxygens (including phenoxy) is 2. The first kappa shape index (κ1) is 20.3. The average molecular weight is 363 g/mol. The van der Waals surface area contributed by atoms with Crippen LogP contribution in [-0.4, -0.2) is 12.6 Å². The standard InChI is InChI=1S/C23H25NO3/c1-5-14-26-20-12-8-6-10-17(20)15-18(16-24)22(25)27-21-13-9-7-11-19(21)23(2,3)4/h6-13,15H,5,14H2,1-4H3/b18-15+. The maximum absolute atomic E-state index is 12.6. The predicted molar refractivity (Wildman–Crippen MR) is 107 cm³/mol. The van der Waals surface area contributed by atoms with Gasteiger partial charge in [-0.1, -0.05) is 64.1 Å². The van der Waals surface area contributed by atoms with Gasteiger partial charge in [0.25, 0.3) is 0 Å². The van der Waals surface area contributed by atoms with Crippen molar-refractivity contribution in [2.24, 2.45) is 0 Å². The molecule has 0 N–H and O–H groups in total. The van der Waals surface area contributed by atoms with E-state index < -0.39 is 5.97 Å². The summed E-state index contributed by atoms with van der Waals surface area (Å²) >= 11 is 0. The molecule has 0 aliphatic carbocycles. The summed E-state index contributed by atoms with van der Waals surface area (Å²) in [5.74, 6) is 0.418. The van der Waals surface area contributed by atoms with Gasteiger partial charge in [0.05, 0.1) is 6.61 Å². The van der Waals surface area contributed by atoms with E-state index in [1.54, 1.807) is 12.1 Å². The highest BCUT2D eigenvalue weighted by Gasteiger charge is 2.21. The molecule has 0 saturated carbocycles. The zero-order valence-corrected chi connectivity index (χ0v) is 16.3. The maximum atomic E-state index is 12.6. The molecule has 4 nitrogen and oxygen atoms in total. The fourth-order valence-electron chi connectivity index (χ4n) is 2.57. The van der Waals surface area contributed by atoms with Crippen molar-refractivity contribution < 1.29 is 14.3 Å². The number of nitrogens with zero attached hydrogens (tertiary/aromatic N) is 1. The van der Waals surface area contributed by atoms with E-state index in [1.807, 2.05) is 70.2 Å². The summed E-state index contributed by atoms with van der Waals surface area (Å²) in [5.41, 5.74) is 1.31. The van der Waals surface area contributed by atoms with Crippen molar-refractivity contribution in [3.05, 3.63) is 65.2 Å². The normalized spacial score (nSPS) is 11.6. The predicted octanol–water partition coefficient (Wildman–Crippen LogP) is 5.29. The highest BCUT2D eigenvalue weighted by molar-refractivity contribution is 5.99. The third-order valence-electron chi connectivity index (χ3n) is 3.92. The second kappa shape index (κ2) is 9.05. The summed E-state index contributed by atoms with van der Waals surface area (Å²) in [6.07, 6.45) is 2.38. The maximum Gasteiger partial charge on any atom is 0.354 e. The van der Waals surface area contributed by atoms with Crippen LogP contribution in [0.5, 0.6) is 11.5 Å². The molecule has 2 aromatic rings. The minimum absolute atomic E-state index is 0.0775. The third-order valence-corrected chi connectivity index (χ3v) is 3.92. The number of nitriles is 1. The van der Waals surface area contributed by atoms with Gasteiger partial charge in [0, 0.05) is 11.1 Å². The van der Waals surface area contributed by atoms with Crippen LogP contribution in [0.4, 0.5) is 0 Å². The minimum atomic E-state index is -0.681. The molecule has 0 spiro atoms. The summed E-state index contributed by atoms with van der Waals surface area (Å²) in [6.45, 7) is 8.71. The number of hydrogen-bond donors (Lipinski definition) is 0. The summed E-state index contributed by atoms with van der Waals surface area (Å²) in [7, 11) is 0. The van der Waals surface area contributed by atoms with Crippen molar-refractivity contribution >= 4 is 12.0 Å². The van der Waals surface area contributed by atoms with Gasteiger partial charge in [0.1, 0.15) is 23.1 Å². The number of carbonyl (C=O) groups is 1. The molecule has 0 radical (unpaired) electrons. The van der Waals surface area contributed by atoms with Crippen LogP contribution in [0.3, 0.4) is 0 Å². The molecular formula is C23H25NO3. The highest BCUT2D eigenvalue weighted by Crippen LogP contribution is 2.31. The van der Waals surface area contributed by atoms with Gasteiger partial charge in [-0.25, -0.2) is 4.79 Å². The topological polar surface area (TPSA) is 59.3 Å². The Morgan fingerprint density at radius 3 is 2.33 bits per heavy atom. The number of carbonyl (C=O) groups excluding carboxylic acids is 1. The van der Waals surface area contributed by atoms with Crippen LogP contribution in [0.1, 0.15) is 45.2 Å². The van der Waals surface area contributed by atoms with E-state index in [0.29, 0.717) is 23.7 Å². The first-order valence-electron chi connectivity index (χ1n) is 9.02. The molecule has 0 saturated heterocycles. The Balaban J connectivity index is 2.31. The lowest BCUT2D eigenvalue weighted by atomic mass is 9.86. The van der Waals surface area contributed by atoms with Crippen molar-refractivity contribution in [3.63, 3.8) is 0 Å². The summed E-state index contributed by atoms with van der Waals surface area (Å²) < 4.78 is 11.2. The molecule has 0 amide bonds. The molecule has 0 aliphatic rings. The second-order valence-corrected chi connectivity index (χ2v) is 7.19. The molecule has 0 aliphatic heterocycles. The van der Waals surface area contributed by atoms with E-state index in [4.69, 9.17) is 9.47 Å². The molecule has 0 heterocycles. The molecule has 2 aromatic carbocycles. The molecule has 0 unspecified atom stereocenters.